The maximum Gasteiger partial charge on any atom is 0.302 e. The van der Waals surface area contributed by atoms with Gasteiger partial charge in [-0.2, -0.15) is 0 Å². The predicted molar refractivity (Wildman–Crippen MR) is 124 cm³/mol. The Morgan fingerprint density at radius 1 is 1.03 bits per heavy atom. The van der Waals surface area contributed by atoms with Crippen molar-refractivity contribution in [2.45, 2.75) is 84.7 Å². The van der Waals surface area contributed by atoms with E-state index in [0.717, 1.165) is 30.2 Å². The summed E-state index contributed by atoms with van der Waals surface area (Å²) in [6.45, 7) is 6.51. The van der Waals surface area contributed by atoms with E-state index in [4.69, 9.17) is 4.74 Å². The molecule has 31 heavy (non-hydrogen) atoms. The zero-order valence-electron chi connectivity index (χ0n) is 19.4. The summed E-state index contributed by atoms with van der Waals surface area (Å²) in [4.78, 5) is 11.5. The third-order valence-electron chi connectivity index (χ3n) is 9.33. The van der Waals surface area contributed by atoms with Crippen molar-refractivity contribution in [3.8, 4) is 11.8 Å². The summed E-state index contributed by atoms with van der Waals surface area (Å²) in [5, 5.41) is 0. The number of allylic oxidation sites excluding steroid dienone is 2. The molecule has 0 radical (unpaired) electrons. The fraction of sp³-hybridized carbons (Fsp3) is 0.621. The van der Waals surface area contributed by atoms with Crippen LogP contribution in [0.2, 0.25) is 0 Å². The highest BCUT2D eigenvalue weighted by Crippen LogP contribution is 2.63. The van der Waals surface area contributed by atoms with Crippen LogP contribution in [0.15, 0.2) is 41.5 Å². The van der Waals surface area contributed by atoms with Gasteiger partial charge >= 0.3 is 5.97 Å². The molecule has 0 aromatic heterocycles. The normalized spacial score (nSPS) is 38.9. The third kappa shape index (κ3) is 3.65. The molecule has 0 amide bonds. The summed E-state index contributed by atoms with van der Waals surface area (Å²) in [6.07, 6.45) is 11.1. The molecular formula is C29H36O2. The van der Waals surface area contributed by atoms with Crippen molar-refractivity contribution in [1.82, 2.24) is 0 Å². The minimum absolute atomic E-state index is 0.0564. The molecule has 0 N–H and O–H groups in total. The molecule has 2 nitrogen and oxygen atoms in total. The zero-order chi connectivity index (χ0) is 21.6. The first kappa shape index (κ1) is 20.9. The number of benzene rings is 1. The highest BCUT2D eigenvalue weighted by atomic mass is 16.5. The molecule has 0 heterocycles. The summed E-state index contributed by atoms with van der Waals surface area (Å²) in [7, 11) is 0. The van der Waals surface area contributed by atoms with E-state index in [0.29, 0.717) is 11.3 Å². The molecule has 2 fully saturated rings. The van der Waals surface area contributed by atoms with E-state index in [9.17, 15) is 4.79 Å². The van der Waals surface area contributed by atoms with Crippen molar-refractivity contribution in [3.05, 3.63) is 47.0 Å². The second-order valence-corrected chi connectivity index (χ2v) is 11.0. The SMILES string of the molecule is CC(=O)O[C@@H]1CC[C@@]2(C)[C@H](CC[C@H]3C4=C(CC[C@@H]32)[C@](C)(C#Cc2ccccc2)CC4)C1. The smallest absolute Gasteiger partial charge is 0.302 e. The minimum atomic E-state index is -0.114. The molecule has 0 spiro atoms. The summed E-state index contributed by atoms with van der Waals surface area (Å²) in [5.41, 5.74) is 5.06. The van der Waals surface area contributed by atoms with E-state index in [-0.39, 0.29) is 17.5 Å². The summed E-state index contributed by atoms with van der Waals surface area (Å²) >= 11 is 0. The van der Waals surface area contributed by atoms with Gasteiger partial charge in [0.2, 0.25) is 0 Å². The maximum absolute atomic E-state index is 11.5. The van der Waals surface area contributed by atoms with Crippen molar-refractivity contribution >= 4 is 5.97 Å². The van der Waals surface area contributed by atoms with E-state index in [1.54, 1.807) is 18.1 Å². The van der Waals surface area contributed by atoms with E-state index in [2.05, 4.69) is 56.0 Å². The van der Waals surface area contributed by atoms with Crippen molar-refractivity contribution in [1.29, 1.82) is 0 Å². The molecule has 0 saturated heterocycles. The van der Waals surface area contributed by atoms with Gasteiger partial charge < -0.3 is 4.74 Å². The van der Waals surface area contributed by atoms with Gasteiger partial charge in [-0.05, 0) is 100 Å². The van der Waals surface area contributed by atoms with Gasteiger partial charge in [-0.15, -0.1) is 0 Å². The number of carbonyl (C=O) groups excluding carboxylic acids is 1. The van der Waals surface area contributed by atoms with Gasteiger partial charge in [0.15, 0.2) is 0 Å². The van der Waals surface area contributed by atoms with Gasteiger partial charge in [0.25, 0.3) is 0 Å². The highest BCUT2D eigenvalue weighted by Gasteiger charge is 2.54. The molecule has 1 aromatic rings. The van der Waals surface area contributed by atoms with Crippen molar-refractivity contribution in [2.75, 3.05) is 0 Å². The summed E-state index contributed by atoms with van der Waals surface area (Å²) < 4.78 is 5.62. The number of hydrogen-bond donors (Lipinski definition) is 0. The average Bonchev–Trinajstić information content (AvgIpc) is 3.10. The lowest BCUT2D eigenvalue weighted by atomic mass is 9.49. The number of hydrogen-bond acceptors (Lipinski definition) is 2. The third-order valence-corrected chi connectivity index (χ3v) is 9.33. The fourth-order valence-corrected chi connectivity index (χ4v) is 7.70. The highest BCUT2D eigenvalue weighted by molar-refractivity contribution is 5.66. The Kier molecular flexibility index (Phi) is 5.28. The van der Waals surface area contributed by atoms with Crippen LogP contribution in [0.3, 0.4) is 0 Å². The standard InChI is InChI=1S/C29H36O2/c1-20(30)31-23-14-18-29(3)22(19-23)9-10-24-25-15-17-28(2,26(25)11-12-27(24)29)16-13-21-7-5-4-6-8-21/h4-8,22-24,27H,9-12,14-15,17-19H2,1-3H3/t22-,23-,24+,27+,28-,29+/m1/s1. The van der Waals surface area contributed by atoms with Crippen LogP contribution in [0, 0.1) is 40.4 Å². The topological polar surface area (TPSA) is 26.3 Å². The number of fused-ring (bicyclic) bond motifs is 4. The minimum Gasteiger partial charge on any atom is -0.463 e. The fourth-order valence-electron chi connectivity index (χ4n) is 7.70. The number of esters is 1. The lowest BCUT2D eigenvalue weighted by Gasteiger charge is -2.57. The van der Waals surface area contributed by atoms with Gasteiger partial charge in [0, 0.05) is 12.5 Å². The van der Waals surface area contributed by atoms with Gasteiger partial charge in [-0.25, -0.2) is 0 Å². The molecule has 2 saturated carbocycles. The molecule has 4 aliphatic rings. The van der Waals surface area contributed by atoms with Crippen molar-refractivity contribution < 1.29 is 9.53 Å². The lowest BCUT2D eigenvalue weighted by molar-refractivity contribution is -0.154. The van der Waals surface area contributed by atoms with Crippen LogP contribution in [-0.4, -0.2) is 12.1 Å². The Labute approximate surface area is 187 Å². The van der Waals surface area contributed by atoms with Crippen LogP contribution in [0.25, 0.3) is 0 Å². The first-order valence-electron chi connectivity index (χ1n) is 12.4. The van der Waals surface area contributed by atoms with Crippen LogP contribution in [0.4, 0.5) is 0 Å². The molecule has 0 aliphatic heterocycles. The van der Waals surface area contributed by atoms with Crippen LogP contribution in [0.1, 0.15) is 84.1 Å². The first-order valence-corrected chi connectivity index (χ1v) is 12.4. The Morgan fingerprint density at radius 3 is 2.61 bits per heavy atom. The van der Waals surface area contributed by atoms with E-state index in [1.807, 2.05) is 0 Å². The molecule has 0 bridgehead atoms. The molecule has 2 heteroatoms. The van der Waals surface area contributed by atoms with Crippen LogP contribution in [0.5, 0.6) is 0 Å². The second-order valence-electron chi connectivity index (χ2n) is 11.0. The lowest BCUT2D eigenvalue weighted by Crippen LogP contribution is -2.49. The molecule has 0 unspecified atom stereocenters. The van der Waals surface area contributed by atoms with E-state index in [1.165, 1.54) is 44.9 Å². The Bertz CT molecular complexity index is 948. The molecule has 4 aliphatic carbocycles. The van der Waals surface area contributed by atoms with Gasteiger partial charge in [-0.1, -0.05) is 48.1 Å². The summed E-state index contributed by atoms with van der Waals surface area (Å²) in [5.74, 6) is 9.33. The Hall–Kier alpha value is -2.01. The van der Waals surface area contributed by atoms with E-state index < -0.39 is 0 Å². The van der Waals surface area contributed by atoms with Crippen molar-refractivity contribution in [3.63, 3.8) is 0 Å². The number of carbonyl (C=O) groups is 1. The quantitative estimate of drug-likeness (QED) is 0.289. The summed E-state index contributed by atoms with van der Waals surface area (Å²) in [6, 6.07) is 10.4. The largest absolute Gasteiger partial charge is 0.463 e. The predicted octanol–water partition coefficient (Wildman–Crippen LogP) is 6.69. The molecule has 6 atom stereocenters. The van der Waals surface area contributed by atoms with Gasteiger partial charge in [-0.3, -0.25) is 4.79 Å². The van der Waals surface area contributed by atoms with Crippen LogP contribution >= 0.6 is 0 Å². The van der Waals surface area contributed by atoms with Crippen molar-refractivity contribution in [2.24, 2.45) is 28.6 Å². The second kappa shape index (κ2) is 7.84. The molecule has 1 aromatic carbocycles. The number of ether oxygens (including phenoxy) is 1. The maximum atomic E-state index is 11.5. The molecular weight excluding hydrogens is 380 g/mol. The zero-order valence-corrected chi connectivity index (χ0v) is 19.4. The van der Waals surface area contributed by atoms with Crippen LogP contribution < -0.4 is 0 Å². The average molecular weight is 417 g/mol. The Balaban J connectivity index is 1.37. The first-order chi connectivity index (χ1) is 14.9. The number of rotatable bonds is 1. The van der Waals surface area contributed by atoms with Gasteiger partial charge in [0.1, 0.15) is 6.10 Å². The monoisotopic (exact) mass is 416 g/mol. The van der Waals surface area contributed by atoms with E-state index >= 15 is 0 Å². The molecule has 5 rings (SSSR count). The Morgan fingerprint density at radius 2 is 1.84 bits per heavy atom. The van der Waals surface area contributed by atoms with Crippen LogP contribution in [-0.2, 0) is 9.53 Å². The molecule has 164 valence electrons. The van der Waals surface area contributed by atoms with Gasteiger partial charge in [0.05, 0.1) is 5.41 Å².